The molecule has 0 N–H and O–H groups in total. The maximum atomic E-state index is 12.2. The molecule has 1 amide bonds. The lowest BCUT2D eigenvalue weighted by molar-refractivity contribution is -0.136. The number of carbonyl (C=O) groups is 1. The second-order valence-corrected chi connectivity index (χ2v) is 4.52. The summed E-state index contributed by atoms with van der Waals surface area (Å²) in [5.74, 6) is 0.616. The zero-order valence-electron chi connectivity index (χ0n) is 11.0. The molecule has 20 heavy (non-hydrogen) atoms. The van der Waals surface area contributed by atoms with Gasteiger partial charge in [-0.3, -0.25) is 4.79 Å². The fraction of sp³-hybridized carbons (Fsp3) is 0.385. The van der Waals surface area contributed by atoms with Crippen LogP contribution in [0.15, 0.2) is 30.3 Å². The lowest BCUT2D eigenvalue weighted by Crippen LogP contribution is -2.42. The first-order valence-electron chi connectivity index (χ1n) is 6.52. The molecule has 0 spiro atoms. The first-order valence-corrected chi connectivity index (χ1v) is 6.52. The molecule has 0 atom stereocenters. The molecule has 7 heteroatoms. The Bertz CT molecular complexity index is 577. The molecular formula is C13H15N5O2. The average Bonchev–Trinajstić information content (AvgIpc) is 2.97. The Morgan fingerprint density at radius 3 is 2.70 bits per heavy atom. The van der Waals surface area contributed by atoms with Gasteiger partial charge in [-0.2, -0.15) is 0 Å². The summed E-state index contributed by atoms with van der Waals surface area (Å²) < 4.78 is 6.77. The first-order chi connectivity index (χ1) is 9.84. The van der Waals surface area contributed by atoms with Gasteiger partial charge in [0.15, 0.2) is 5.82 Å². The molecule has 1 aromatic heterocycles. The molecule has 0 radical (unpaired) electrons. The molecule has 7 nitrogen and oxygen atoms in total. The van der Waals surface area contributed by atoms with Gasteiger partial charge >= 0.3 is 0 Å². The molecule has 1 aromatic carbocycles. The van der Waals surface area contributed by atoms with Gasteiger partial charge in [0.05, 0.1) is 13.2 Å². The predicted molar refractivity (Wildman–Crippen MR) is 70.7 cm³/mol. The van der Waals surface area contributed by atoms with Crippen molar-refractivity contribution >= 4 is 5.91 Å². The van der Waals surface area contributed by atoms with Crippen LogP contribution >= 0.6 is 0 Å². The molecule has 3 rings (SSSR count). The predicted octanol–water partition coefficient (Wildman–Crippen LogP) is 0.199. The van der Waals surface area contributed by atoms with Gasteiger partial charge in [0.2, 0.25) is 5.91 Å². The van der Waals surface area contributed by atoms with E-state index in [0.29, 0.717) is 32.1 Å². The van der Waals surface area contributed by atoms with Crippen molar-refractivity contribution in [3.8, 4) is 11.4 Å². The summed E-state index contributed by atoms with van der Waals surface area (Å²) in [7, 11) is 0. The second-order valence-electron chi connectivity index (χ2n) is 4.52. The minimum atomic E-state index is 0.0118. The Morgan fingerprint density at radius 2 is 1.95 bits per heavy atom. The summed E-state index contributed by atoms with van der Waals surface area (Å²) in [5.41, 5.74) is 0.896. The second kappa shape index (κ2) is 5.79. The van der Waals surface area contributed by atoms with Gasteiger partial charge in [0.1, 0.15) is 6.54 Å². The number of rotatable bonds is 3. The first kappa shape index (κ1) is 12.7. The summed E-state index contributed by atoms with van der Waals surface area (Å²) in [6, 6.07) is 9.59. The van der Waals surface area contributed by atoms with E-state index in [4.69, 9.17) is 4.74 Å². The maximum absolute atomic E-state index is 12.2. The number of hydrogen-bond acceptors (Lipinski definition) is 5. The molecule has 0 bridgehead atoms. The highest BCUT2D eigenvalue weighted by Crippen LogP contribution is 2.14. The normalized spacial score (nSPS) is 15.3. The van der Waals surface area contributed by atoms with Crippen molar-refractivity contribution in [3.05, 3.63) is 30.3 Å². The highest BCUT2D eigenvalue weighted by atomic mass is 16.5. The molecule has 0 unspecified atom stereocenters. The van der Waals surface area contributed by atoms with Gasteiger partial charge in [-0.25, -0.2) is 4.68 Å². The van der Waals surface area contributed by atoms with Crippen LogP contribution < -0.4 is 0 Å². The fourth-order valence-corrected chi connectivity index (χ4v) is 2.15. The number of hydrogen-bond donors (Lipinski definition) is 0. The van der Waals surface area contributed by atoms with E-state index < -0.39 is 0 Å². The zero-order valence-corrected chi connectivity index (χ0v) is 11.0. The Hall–Kier alpha value is -2.28. The van der Waals surface area contributed by atoms with E-state index >= 15 is 0 Å². The number of morpholine rings is 1. The van der Waals surface area contributed by atoms with E-state index in [1.165, 1.54) is 4.68 Å². The van der Waals surface area contributed by atoms with Crippen LogP contribution in [-0.2, 0) is 16.1 Å². The number of nitrogens with zero attached hydrogens (tertiary/aromatic N) is 5. The van der Waals surface area contributed by atoms with Gasteiger partial charge in [-0.05, 0) is 10.4 Å². The smallest absolute Gasteiger partial charge is 0.244 e. The van der Waals surface area contributed by atoms with Crippen LogP contribution in [0.2, 0.25) is 0 Å². The Balaban J connectivity index is 1.75. The molecule has 2 aromatic rings. The van der Waals surface area contributed by atoms with Crippen LogP contribution in [0.3, 0.4) is 0 Å². The molecule has 1 aliphatic rings. The minimum Gasteiger partial charge on any atom is -0.378 e. The maximum Gasteiger partial charge on any atom is 0.244 e. The monoisotopic (exact) mass is 273 g/mol. The van der Waals surface area contributed by atoms with Gasteiger partial charge in [-0.15, -0.1) is 5.10 Å². The summed E-state index contributed by atoms with van der Waals surface area (Å²) in [5, 5.41) is 11.6. The molecule has 104 valence electrons. The summed E-state index contributed by atoms with van der Waals surface area (Å²) in [4.78, 5) is 14.0. The molecule has 0 saturated carbocycles. The number of benzene rings is 1. The van der Waals surface area contributed by atoms with Gasteiger partial charge in [0, 0.05) is 18.7 Å². The van der Waals surface area contributed by atoms with Crippen molar-refractivity contribution in [3.63, 3.8) is 0 Å². The lowest BCUT2D eigenvalue weighted by atomic mass is 10.2. The number of ether oxygens (including phenoxy) is 1. The molecule has 0 aliphatic carbocycles. The molecule has 1 saturated heterocycles. The highest BCUT2D eigenvalue weighted by molar-refractivity contribution is 5.76. The van der Waals surface area contributed by atoms with Crippen LogP contribution in [-0.4, -0.2) is 57.3 Å². The lowest BCUT2D eigenvalue weighted by Gasteiger charge is -2.26. The van der Waals surface area contributed by atoms with Crippen LogP contribution in [0.5, 0.6) is 0 Å². The van der Waals surface area contributed by atoms with E-state index in [0.717, 1.165) is 5.56 Å². The Labute approximate surface area is 116 Å². The molecule has 1 fully saturated rings. The van der Waals surface area contributed by atoms with Crippen LogP contribution in [0.4, 0.5) is 0 Å². The van der Waals surface area contributed by atoms with Gasteiger partial charge in [-0.1, -0.05) is 30.3 Å². The fourth-order valence-electron chi connectivity index (χ4n) is 2.15. The molecular weight excluding hydrogens is 258 g/mol. The Kier molecular flexibility index (Phi) is 3.69. The van der Waals surface area contributed by atoms with Crippen molar-refractivity contribution in [2.45, 2.75) is 6.54 Å². The van der Waals surface area contributed by atoms with E-state index in [1.807, 2.05) is 30.3 Å². The highest BCUT2D eigenvalue weighted by Gasteiger charge is 2.19. The van der Waals surface area contributed by atoms with Crippen molar-refractivity contribution in [2.24, 2.45) is 0 Å². The van der Waals surface area contributed by atoms with Gasteiger partial charge < -0.3 is 9.64 Å². The third-order valence-corrected chi connectivity index (χ3v) is 3.21. The van der Waals surface area contributed by atoms with E-state index in [1.54, 1.807) is 4.90 Å². The van der Waals surface area contributed by atoms with Crippen LogP contribution in [0, 0.1) is 0 Å². The molecule has 1 aliphatic heterocycles. The van der Waals surface area contributed by atoms with Crippen molar-refractivity contribution in [1.29, 1.82) is 0 Å². The average molecular weight is 273 g/mol. The number of aromatic nitrogens is 4. The minimum absolute atomic E-state index is 0.0118. The quantitative estimate of drug-likeness (QED) is 0.798. The van der Waals surface area contributed by atoms with Crippen LogP contribution in [0.25, 0.3) is 11.4 Å². The summed E-state index contributed by atoms with van der Waals surface area (Å²) in [6.45, 7) is 2.58. The van der Waals surface area contributed by atoms with E-state index in [-0.39, 0.29) is 12.5 Å². The summed E-state index contributed by atoms with van der Waals surface area (Å²) in [6.07, 6.45) is 0. The van der Waals surface area contributed by atoms with E-state index in [2.05, 4.69) is 15.5 Å². The van der Waals surface area contributed by atoms with Gasteiger partial charge in [0.25, 0.3) is 0 Å². The van der Waals surface area contributed by atoms with Crippen LogP contribution in [0.1, 0.15) is 0 Å². The number of tetrazole rings is 1. The summed E-state index contributed by atoms with van der Waals surface area (Å²) >= 11 is 0. The van der Waals surface area contributed by atoms with E-state index in [9.17, 15) is 4.79 Å². The van der Waals surface area contributed by atoms with Crippen molar-refractivity contribution in [1.82, 2.24) is 25.1 Å². The SMILES string of the molecule is O=C(Cn1nnnc1-c1ccccc1)N1CCOCC1. The zero-order chi connectivity index (χ0) is 13.8. The molecule has 2 heterocycles. The number of carbonyl (C=O) groups excluding carboxylic acids is 1. The van der Waals surface area contributed by atoms with Crippen molar-refractivity contribution in [2.75, 3.05) is 26.3 Å². The largest absolute Gasteiger partial charge is 0.378 e. The standard InChI is InChI=1S/C13H15N5O2/c19-12(17-6-8-20-9-7-17)10-18-13(14-15-16-18)11-4-2-1-3-5-11/h1-5H,6-10H2. The topological polar surface area (TPSA) is 73.1 Å². The number of amides is 1. The Morgan fingerprint density at radius 1 is 1.20 bits per heavy atom. The third kappa shape index (κ3) is 2.67. The van der Waals surface area contributed by atoms with Crippen molar-refractivity contribution < 1.29 is 9.53 Å². The third-order valence-electron chi connectivity index (χ3n) is 3.21.